The number of aromatic nitrogens is 4. The van der Waals surface area contributed by atoms with Crippen LogP contribution in [0.1, 0.15) is 16.9 Å². The quantitative estimate of drug-likeness (QED) is 0.659. The number of nitrogens with zero attached hydrogens (tertiary/aromatic N) is 6. The lowest BCUT2D eigenvalue weighted by Gasteiger charge is -2.34. The number of hydrogen-bond donors (Lipinski definition) is 0. The molecule has 9 heteroatoms. The summed E-state index contributed by atoms with van der Waals surface area (Å²) in [5.74, 6) is 0.635. The van der Waals surface area contributed by atoms with E-state index in [0.717, 1.165) is 35.0 Å². The molecule has 3 aromatic rings. The number of fused-ring (bicyclic) bond motifs is 3. The fourth-order valence-corrected chi connectivity index (χ4v) is 5.21. The van der Waals surface area contributed by atoms with Crippen molar-refractivity contribution < 1.29 is 4.79 Å². The summed E-state index contributed by atoms with van der Waals surface area (Å²) in [6.45, 7) is 2.58. The van der Waals surface area contributed by atoms with Gasteiger partial charge in [-0.1, -0.05) is 0 Å². The molecule has 0 saturated carbocycles. The number of aryl methyl sites for hydroxylation is 2. The van der Waals surface area contributed by atoms with E-state index in [2.05, 4.69) is 19.9 Å². The Labute approximate surface area is 165 Å². The molecule has 0 radical (unpaired) electrons. The topological polar surface area (TPSA) is 84.2 Å². The van der Waals surface area contributed by atoms with Crippen LogP contribution in [0.25, 0.3) is 10.2 Å². The van der Waals surface area contributed by atoms with Gasteiger partial charge in [-0.3, -0.25) is 14.2 Å². The number of carbonyl (C=O) groups excluding carboxylic acids is 1. The number of thiophene rings is 1. The highest BCUT2D eigenvalue weighted by Crippen LogP contribution is 2.34. The van der Waals surface area contributed by atoms with E-state index in [-0.39, 0.29) is 18.0 Å². The molecule has 1 aliphatic carbocycles. The predicted molar refractivity (Wildman–Crippen MR) is 107 cm³/mol. The number of hydrogen-bond acceptors (Lipinski definition) is 7. The maximum absolute atomic E-state index is 12.9. The van der Waals surface area contributed by atoms with Gasteiger partial charge in [0.15, 0.2) is 0 Å². The van der Waals surface area contributed by atoms with Crippen molar-refractivity contribution >= 4 is 33.4 Å². The van der Waals surface area contributed by atoms with E-state index in [9.17, 15) is 9.59 Å². The summed E-state index contributed by atoms with van der Waals surface area (Å²) in [4.78, 5) is 44.6. The Morgan fingerprint density at radius 3 is 2.64 bits per heavy atom. The Balaban J connectivity index is 1.30. The monoisotopic (exact) mass is 396 g/mol. The van der Waals surface area contributed by atoms with Crippen LogP contribution >= 0.6 is 11.3 Å². The van der Waals surface area contributed by atoms with Gasteiger partial charge >= 0.3 is 0 Å². The Bertz CT molecular complexity index is 1080. The van der Waals surface area contributed by atoms with Crippen molar-refractivity contribution in [1.29, 1.82) is 0 Å². The van der Waals surface area contributed by atoms with Crippen molar-refractivity contribution in [1.82, 2.24) is 24.4 Å². The van der Waals surface area contributed by atoms with E-state index < -0.39 is 0 Å². The van der Waals surface area contributed by atoms with Gasteiger partial charge in [0.25, 0.3) is 5.56 Å². The first-order chi connectivity index (χ1) is 13.7. The molecular weight excluding hydrogens is 376 g/mol. The molecule has 0 aromatic carbocycles. The molecule has 0 bridgehead atoms. The number of amides is 1. The first-order valence-corrected chi connectivity index (χ1v) is 10.3. The Morgan fingerprint density at radius 2 is 1.86 bits per heavy atom. The Kier molecular flexibility index (Phi) is 4.31. The highest BCUT2D eigenvalue weighted by molar-refractivity contribution is 7.18. The second-order valence-electron chi connectivity index (χ2n) is 7.13. The summed E-state index contributed by atoms with van der Waals surface area (Å²) in [5, 5.41) is 0.721. The number of rotatable bonds is 3. The average molecular weight is 396 g/mol. The van der Waals surface area contributed by atoms with Crippen LogP contribution < -0.4 is 10.5 Å². The van der Waals surface area contributed by atoms with Gasteiger partial charge in [-0.05, 0) is 30.9 Å². The van der Waals surface area contributed by atoms with Crippen LogP contribution in [0.15, 0.2) is 29.6 Å². The van der Waals surface area contributed by atoms with Gasteiger partial charge in [-0.15, -0.1) is 11.3 Å². The van der Waals surface area contributed by atoms with Crippen molar-refractivity contribution in [2.75, 3.05) is 31.1 Å². The van der Waals surface area contributed by atoms with Crippen molar-refractivity contribution in [3.8, 4) is 0 Å². The summed E-state index contributed by atoms with van der Waals surface area (Å²) in [6.07, 6.45) is 8.02. The van der Waals surface area contributed by atoms with Crippen molar-refractivity contribution in [2.45, 2.75) is 25.8 Å². The highest BCUT2D eigenvalue weighted by atomic mass is 32.1. The lowest BCUT2D eigenvalue weighted by Crippen LogP contribution is -2.50. The van der Waals surface area contributed by atoms with Crippen LogP contribution in [0.2, 0.25) is 0 Å². The van der Waals surface area contributed by atoms with Gasteiger partial charge in [0.2, 0.25) is 11.9 Å². The van der Waals surface area contributed by atoms with Gasteiger partial charge in [0, 0.05) is 43.4 Å². The largest absolute Gasteiger partial charge is 0.338 e. The van der Waals surface area contributed by atoms with E-state index >= 15 is 0 Å². The van der Waals surface area contributed by atoms with Crippen molar-refractivity contribution in [2.24, 2.45) is 0 Å². The predicted octanol–water partition coefficient (Wildman–Crippen LogP) is 1.09. The number of carbonyl (C=O) groups is 1. The third kappa shape index (κ3) is 2.95. The second-order valence-corrected chi connectivity index (χ2v) is 8.22. The van der Waals surface area contributed by atoms with E-state index in [1.807, 2.05) is 0 Å². The Hall–Kier alpha value is -2.81. The second kappa shape index (κ2) is 6.97. The van der Waals surface area contributed by atoms with Gasteiger partial charge in [0.1, 0.15) is 11.4 Å². The van der Waals surface area contributed by atoms with Crippen molar-refractivity contribution in [3.05, 3.63) is 45.6 Å². The summed E-state index contributed by atoms with van der Waals surface area (Å²) < 4.78 is 1.46. The maximum atomic E-state index is 12.9. The minimum atomic E-state index is -0.0888. The molecule has 1 saturated heterocycles. The van der Waals surface area contributed by atoms with E-state index in [1.54, 1.807) is 34.7 Å². The number of piperazine rings is 1. The molecule has 1 fully saturated rings. The van der Waals surface area contributed by atoms with E-state index in [1.165, 1.54) is 15.8 Å². The molecule has 0 spiro atoms. The molecule has 1 amide bonds. The van der Waals surface area contributed by atoms with Crippen LogP contribution in [0.3, 0.4) is 0 Å². The van der Waals surface area contributed by atoms with E-state index in [4.69, 9.17) is 0 Å². The van der Waals surface area contributed by atoms with E-state index in [0.29, 0.717) is 32.1 Å². The zero-order valence-corrected chi connectivity index (χ0v) is 16.2. The summed E-state index contributed by atoms with van der Waals surface area (Å²) in [6, 6.07) is 1.79. The van der Waals surface area contributed by atoms with Crippen LogP contribution in [0, 0.1) is 0 Å². The standard InChI is InChI=1S/C19H20N6O2S/c26-15(23-7-9-24(10-8-23)19-20-5-2-6-21-19)11-25-12-22-17-16(18(25)27)13-3-1-4-14(13)28-17/h2,5-6,12H,1,3-4,7-11H2. The van der Waals surface area contributed by atoms with Crippen LogP contribution in [-0.2, 0) is 24.2 Å². The van der Waals surface area contributed by atoms with Gasteiger partial charge in [-0.25, -0.2) is 15.0 Å². The molecule has 8 nitrogen and oxygen atoms in total. The fourth-order valence-electron chi connectivity index (χ4n) is 3.99. The summed E-state index contributed by atoms with van der Waals surface area (Å²) in [7, 11) is 0. The minimum absolute atomic E-state index is 0.0359. The zero-order chi connectivity index (χ0) is 19.1. The molecule has 0 unspecified atom stereocenters. The highest BCUT2D eigenvalue weighted by Gasteiger charge is 2.25. The lowest BCUT2D eigenvalue weighted by atomic mass is 10.2. The normalized spacial score (nSPS) is 16.6. The van der Waals surface area contributed by atoms with Crippen LogP contribution in [0.5, 0.6) is 0 Å². The lowest BCUT2D eigenvalue weighted by molar-refractivity contribution is -0.132. The smallest absolute Gasteiger partial charge is 0.262 e. The zero-order valence-electron chi connectivity index (χ0n) is 15.4. The molecular formula is C19H20N6O2S. The minimum Gasteiger partial charge on any atom is -0.338 e. The first kappa shape index (κ1) is 17.3. The van der Waals surface area contributed by atoms with Gasteiger partial charge in [-0.2, -0.15) is 0 Å². The number of anilines is 1. The SMILES string of the molecule is O=C(Cn1cnc2sc3c(c2c1=O)CCC3)N1CCN(c2ncccn2)CC1. The molecule has 0 N–H and O–H groups in total. The van der Waals surface area contributed by atoms with Gasteiger partial charge < -0.3 is 9.80 Å². The summed E-state index contributed by atoms with van der Waals surface area (Å²) >= 11 is 1.62. The molecule has 0 atom stereocenters. The molecule has 144 valence electrons. The molecule has 5 rings (SSSR count). The van der Waals surface area contributed by atoms with Crippen LogP contribution in [0.4, 0.5) is 5.95 Å². The van der Waals surface area contributed by atoms with Crippen LogP contribution in [-0.4, -0.2) is 56.5 Å². The first-order valence-electron chi connectivity index (χ1n) is 9.50. The fraction of sp³-hybridized carbons (Fsp3) is 0.421. The third-order valence-corrected chi connectivity index (χ3v) is 6.66. The molecule has 2 aliphatic rings. The summed E-state index contributed by atoms with van der Waals surface area (Å²) in [5.41, 5.74) is 1.06. The molecule has 1 aliphatic heterocycles. The average Bonchev–Trinajstić information content (AvgIpc) is 3.32. The van der Waals surface area contributed by atoms with Gasteiger partial charge in [0.05, 0.1) is 11.7 Å². The van der Waals surface area contributed by atoms with Crippen molar-refractivity contribution in [3.63, 3.8) is 0 Å². The molecule has 3 aromatic heterocycles. The maximum Gasteiger partial charge on any atom is 0.262 e. The molecule has 28 heavy (non-hydrogen) atoms. The Morgan fingerprint density at radius 1 is 1.07 bits per heavy atom. The third-order valence-electron chi connectivity index (χ3n) is 5.46. The molecule has 4 heterocycles.